The number of amides is 3. The molecule has 0 bridgehead atoms. The van der Waals surface area contributed by atoms with E-state index in [0.29, 0.717) is 11.7 Å². The molecule has 30 heavy (non-hydrogen) atoms. The van der Waals surface area contributed by atoms with Crippen LogP contribution in [0.5, 0.6) is 0 Å². The van der Waals surface area contributed by atoms with Gasteiger partial charge in [-0.25, -0.2) is 4.79 Å². The number of hydrogen-bond acceptors (Lipinski definition) is 3. The number of carbonyl (C=O) groups excluding carboxylic acids is 2. The highest BCUT2D eigenvalue weighted by Crippen LogP contribution is 2.37. The van der Waals surface area contributed by atoms with Crippen LogP contribution >= 0.6 is 23.4 Å². The maximum absolute atomic E-state index is 12.6. The second-order valence-electron chi connectivity index (χ2n) is 8.56. The Morgan fingerprint density at radius 2 is 2.17 bits per heavy atom. The summed E-state index contributed by atoms with van der Waals surface area (Å²) in [6.45, 7) is 0. The van der Waals surface area contributed by atoms with Crippen molar-refractivity contribution in [3.63, 3.8) is 0 Å². The van der Waals surface area contributed by atoms with E-state index in [0.717, 1.165) is 60.5 Å². The molecule has 160 valence electrons. The van der Waals surface area contributed by atoms with E-state index in [4.69, 9.17) is 11.6 Å². The number of halogens is 1. The Balaban J connectivity index is 1.13. The Hall–Kier alpha value is -1.86. The van der Waals surface area contributed by atoms with Crippen LogP contribution in [0.25, 0.3) is 10.9 Å². The molecular formula is C22H27ClN4O2S. The lowest BCUT2D eigenvalue weighted by Crippen LogP contribution is -2.36. The van der Waals surface area contributed by atoms with Gasteiger partial charge in [-0.2, -0.15) is 11.8 Å². The van der Waals surface area contributed by atoms with E-state index in [1.807, 2.05) is 23.9 Å². The van der Waals surface area contributed by atoms with E-state index in [1.165, 1.54) is 10.9 Å². The fourth-order valence-corrected chi connectivity index (χ4v) is 6.90. The molecular weight excluding hydrogens is 420 g/mol. The molecule has 0 spiro atoms. The number of hydrogen-bond donors (Lipinski definition) is 4. The molecule has 2 saturated heterocycles. The van der Waals surface area contributed by atoms with E-state index < -0.39 is 0 Å². The summed E-state index contributed by atoms with van der Waals surface area (Å²) in [6.07, 6.45) is 6.50. The molecule has 8 heteroatoms. The summed E-state index contributed by atoms with van der Waals surface area (Å²) < 4.78 is 0. The fraction of sp³-hybridized carbons (Fsp3) is 0.545. The zero-order valence-electron chi connectivity index (χ0n) is 16.8. The maximum atomic E-state index is 12.6. The fourth-order valence-electron chi connectivity index (χ4n) is 5.14. The third-order valence-corrected chi connectivity index (χ3v) is 8.43. The molecule has 3 heterocycles. The first-order valence-corrected chi connectivity index (χ1v) is 12.3. The predicted octanol–water partition coefficient (Wildman–Crippen LogP) is 4.04. The van der Waals surface area contributed by atoms with Gasteiger partial charge in [-0.15, -0.1) is 0 Å². The van der Waals surface area contributed by atoms with Gasteiger partial charge in [0.05, 0.1) is 28.7 Å². The minimum atomic E-state index is -0.0419. The lowest BCUT2D eigenvalue weighted by molar-refractivity contribution is -0.122. The number of aromatic nitrogens is 1. The summed E-state index contributed by atoms with van der Waals surface area (Å²) in [5.74, 6) is 1.10. The molecule has 2 aromatic rings. The molecule has 1 aromatic carbocycles. The molecule has 2 fully saturated rings. The summed E-state index contributed by atoms with van der Waals surface area (Å²) in [7, 11) is 0. The molecule has 1 aliphatic carbocycles. The van der Waals surface area contributed by atoms with Crippen molar-refractivity contribution in [1.29, 1.82) is 0 Å². The standard InChI is InChI=1S/C22H27ClN4O2S/c23-14-7-3-5-12-13-6-4-8-15(20(13)26-19(12)14)24-18(28)10-2-1-9-17-21-16(11-30-17)25-22(29)27-21/h3,5,7,15-17,21,26H,1-2,4,6,8-11H2,(H,24,28)(H2,25,27,29)/t15-,16-,17+,21-/m0/s1. The summed E-state index contributed by atoms with van der Waals surface area (Å²) in [4.78, 5) is 27.6. The number of thioether (sulfide) groups is 1. The van der Waals surface area contributed by atoms with Gasteiger partial charge >= 0.3 is 6.03 Å². The van der Waals surface area contributed by atoms with Crippen molar-refractivity contribution in [2.45, 2.75) is 68.3 Å². The van der Waals surface area contributed by atoms with Crippen LogP contribution in [-0.4, -0.2) is 40.0 Å². The molecule has 0 radical (unpaired) electrons. The molecule has 1 aromatic heterocycles. The molecule has 3 aliphatic rings. The highest BCUT2D eigenvalue weighted by molar-refractivity contribution is 8.00. The van der Waals surface area contributed by atoms with Crippen LogP contribution in [0.3, 0.4) is 0 Å². The van der Waals surface area contributed by atoms with Crippen LogP contribution < -0.4 is 16.0 Å². The predicted molar refractivity (Wildman–Crippen MR) is 121 cm³/mol. The maximum Gasteiger partial charge on any atom is 0.315 e. The van der Waals surface area contributed by atoms with E-state index in [2.05, 4.69) is 27.0 Å². The van der Waals surface area contributed by atoms with Crippen molar-refractivity contribution >= 4 is 46.2 Å². The lowest BCUT2D eigenvalue weighted by atomic mass is 9.91. The van der Waals surface area contributed by atoms with Crippen molar-refractivity contribution in [2.75, 3.05) is 5.75 Å². The van der Waals surface area contributed by atoms with Crippen molar-refractivity contribution < 1.29 is 9.59 Å². The molecule has 6 nitrogen and oxygen atoms in total. The van der Waals surface area contributed by atoms with Crippen molar-refractivity contribution in [3.05, 3.63) is 34.5 Å². The lowest BCUT2D eigenvalue weighted by Gasteiger charge is -2.24. The number of aromatic amines is 1. The van der Waals surface area contributed by atoms with Crippen LogP contribution in [0.1, 0.15) is 55.8 Å². The first-order valence-electron chi connectivity index (χ1n) is 10.9. The molecule has 4 atom stereocenters. The van der Waals surface area contributed by atoms with Crippen LogP contribution in [0.4, 0.5) is 4.79 Å². The largest absolute Gasteiger partial charge is 0.355 e. The van der Waals surface area contributed by atoms with Crippen molar-refractivity contribution in [2.24, 2.45) is 0 Å². The smallest absolute Gasteiger partial charge is 0.315 e. The third kappa shape index (κ3) is 3.78. The average molecular weight is 447 g/mol. The number of aryl methyl sites for hydroxylation is 1. The quantitative estimate of drug-likeness (QED) is 0.399. The third-order valence-electron chi connectivity index (χ3n) is 6.61. The topological polar surface area (TPSA) is 86.0 Å². The number of benzene rings is 1. The number of urea groups is 1. The number of nitrogens with one attached hydrogen (secondary N) is 4. The summed E-state index contributed by atoms with van der Waals surface area (Å²) in [6, 6.07) is 6.49. The average Bonchev–Trinajstić information content (AvgIpc) is 3.39. The zero-order chi connectivity index (χ0) is 20.7. The normalized spacial score (nSPS) is 27.4. The molecule has 2 aliphatic heterocycles. The molecule has 4 N–H and O–H groups in total. The number of H-pyrrole nitrogens is 1. The van der Waals surface area contributed by atoms with Crippen molar-refractivity contribution in [1.82, 2.24) is 20.9 Å². The molecule has 0 unspecified atom stereocenters. The van der Waals surface area contributed by atoms with E-state index >= 15 is 0 Å². The Morgan fingerprint density at radius 3 is 3.07 bits per heavy atom. The monoisotopic (exact) mass is 446 g/mol. The Bertz CT molecular complexity index is 977. The number of rotatable bonds is 6. The van der Waals surface area contributed by atoms with Gasteiger partial charge in [-0.1, -0.05) is 30.2 Å². The van der Waals surface area contributed by atoms with Crippen LogP contribution in [-0.2, 0) is 11.2 Å². The molecule has 0 saturated carbocycles. The van der Waals surface area contributed by atoms with Gasteiger partial charge in [-0.05, 0) is 43.7 Å². The van der Waals surface area contributed by atoms with Crippen molar-refractivity contribution in [3.8, 4) is 0 Å². The summed E-state index contributed by atoms with van der Waals surface area (Å²) in [5.41, 5.74) is 3.39. The van der Waals surface area contributed by atoms with E-state index in [9.17, 15) is 9.59 Å². The van der Waals surface area contributed by atoms with E-state index in [1.54, 1.807) is 0 Å². The summed E-state index contributed by atoms with van der Waals surface area (Å²) in [5, 5.41) is 11.6. The van der Waals surface area contributed by atoms with Crippen LogP contribution in [0, 0.1) is 0 Å². The second-order valence-corrected chi connectivity index (χ2v) is 10.2. The second kappa shape index (κ2) is 8.35. The minimum Gasteiger partial charge on any atom is -0.355 e. The highest BCUT2D eigenvalue weighted by Gasteiger charge is 2.42. The number of carbonyl (C=O) groups is 2. The molecule has 3 amide bonds. The number of para-hydroxylation sites is 1. The zero-order valence-corrected chi connectivity index (χ0v) is 18.4. The first-order chi connectivity index (χ1) is 14.6. The SMILES string of the molecule is O=C(CCCC[C@H]1SC[C@@H]2NC(=O)N[C@@H]21)N[C@H]1CCCc2c1[nH]c1c(Cl)cccc21. The van der Waals surface area contributed by atoms with Gasteiger partial charge in [-0.3, -0.25) is 4.79 Å². The van der Waals surface area contributed by atoms with Gasteiger partial charge in [0.2, 0.25) is 5.91 Å². The highest BCUT2D eigenvalue weighted by atomic mass is 35.5. The summed E-state index contributed by atoms with van der Waals surface area (Å²) >= 11 is 8.29. The molecule has 5 rings (SSSR count). The Labute approximate surface area is 185 Å². The Morgan fingerprint density at radius 1 is 1.27 bits per heavy atom. The number of unbranched alkanes of at least 4 members (excludes halogenated alkanes) is 1. The van der Waals surface area contributed by atoms with Gasteiger partial charge in [0.1, 0.15) is 0 Å². The van der Waals surface area contributed by atoms with Crippen LogP contribution in [0.15, 0.2) is 18.2 Å². The van der Waals surface area contributed by atoms with E-state index in [-0.39, 0.29) is 30.1 Å². The Kier molecular flexibility index (Phi) is 5.58. The van der Waals surface area contributed by atoms with Crippen LogP contribution in [0.2, 0.25) is 5.02 Å². The van der Waals surface area contributed by atoms with Gasteiger partial charge in [0.15, 0.2) is 0 Å². The minimum absolute atomic E-state index is 0.0376. The van der Waals surface area contributed by atoms with Gasteiger partial charge in [0.25, 0.3) is 0 Å². The first kappa shape index (κ1) is 20.1. The van der Waals surface area contributed by atoms with Gasteiger partial charge in [0, 0.05) is 28.5 Å². The van der Waals surface area contributed by atoms with Gasteiger partial charge < -0.3 is 20.9 Å². The number of fused-ring (bicyclic) bond motifs is 4.